The van der Waals surface area contributed by atoms with Crippen molar-refractivity contribution in [3.63, 3.8) is 0 Å². The maximum absolute atomic E-state index is 12.4. The number of fused-ring (bicyclic) bond motifs is 2. The average molecular weight is 420 g/mol. The zero-order valence-electron chi connectivity index (χ0n) is 17.9. The highest BCUT2D eigenvalue weighted by molar-refractivity contribution is 5.97. The molecule has 0 unspecified atom stereocenters. The number of anilines is 1. The van der Waals surface area contributed by atoms with E-state index >= 15 is 0 Å². The van der Waals surface area contributed by atoms with Crippen LogP contribution in [0.3, 0.4) is 0 Å². The van der Waals surface area contributed by atoms with Gasteiger partial charge >= 0.3 is 0 Å². The van der Waals surface area contributed by atoms with Gasteiger partial charge in [-0.2, -0.15) is 9.97 Å². The fourth-order valence-corrected chi connectivity index (χ4v) is 4.45. The lowest BCUT2D eigenvalue weighted by Crippen LogP contribution is -2.52. The molecule has 1 amide bonds. The summed E-state index contributed by atoms with van der Waals surface area (Å²) in [7, 11) is 5.18. The van der Waals surface area contributed by atoms with Gasteiger partial charge in [-0.1, -0.05) is 6.92 Å². The molecule has 0 saturated heterocycles. The fraction of sp³-hybridized carbons (Fsp3) is 0.381. The van der Waals surface area contributed by atoms with Gasteiger partial charge in [-0.15, -0.1) is 10.2 Å². The molecule has 1 fully saturated rings. The van der Waals surface area contributed by atoms with Crippen molar-refractivity contribution in [3.8, 4) is 17.0 Å². The van der Waals surface area contributed by atoms with E-state index in [4.69, 9.17) is 4.74 Å². The Hall–Kier alpha value is -3.69. The number of nitrogens with zero attached hydrogens (tertiary/aromatic N) is 6. The monoisotopic (exact) mass is 420 g/mol. The van der Waals surface area contributed by atoms with E-state index in [0.717, 1.165) is 35.0 Å². The van der Waals surface area contributed by atoms with Crippen LogP contribution in [0.2, 0.25) is 0 Å². The van der Waals surface area contributed by atoms with E-state index in [-0.39, 0.29) is 17.4 Å². The number of rotatable bonds is 5. The number of carbonyl (C=O) groups is 1. The summed E-state index contributed by atoms with van der Waals surface area (Å²) in [4.78, 5) is 26.5. The van der Waals surface area contributed by atoms with E-state index in [1.807, 2.05) is 35.9 Å². The molecule has 10 nitrogen and oxygen atoms in total. The van der Waals surface area contributed by atoms with Crippen molar-refractivity contribution in [3.05, 3.63) is 30.9 Å². The lowest BCUT2D eigenvalue weighted by atomic mass is 9.66. The molecule has 2 N–H and O–H groups in total. The van der Waals surface area contributed by atoms with Crippen LogP contribution in [0.5, 0.6) is 5.88 Å². The number of methoxy groups -OCH3 is 1. The summed E-state index contributed by atoms with van der Waals surface area (Å²) in [6.07, 6.45) is 7.00. The molecule has 1 saturated carbocycles. The van der Waals surface area contributed by atoms with Crippen molar-refractivity contribution >= 4 is 28.5 Å². The van der Waals surface area contributed by atoms with E-state index < -0.39 is 0 Å². The van der Waals surface area contributed by atoms with Crippen LogP contribution >= 0.6 is 0 Å². The van der Waals surface area contributed by atoms with Crippen molar-refractivity contribution in [2.75, 3.05) is 26.5 Å². The minimum Gasteiger partial charge on any atom is -0.480 e. The Morgan fingerprint density at radius 1 is 1.32 bits per heavy atom. The third-order valence-electron chi connectivity index (χ3n) is 5.94. The molecule has 10 heteroatoms. The van der Waals surface area contributed by atoms with Crippen molar-refractivity contribution in [1.82, 2.24) is 34.4 Å². The first-order valence-electron chi connectivity index (χ1n) is 10.1. The Morgan fingerprint density at radius 3 is 2.87 bits per heavy atom. The van der Waals surface area contributed by atoms with Crippen LogP contribution in [0.25, 0.3) is 27.8 Å². The Labute approximate surface area is 178 Å². The van der Waals surface area contributed by atoms with Gasteiger partial charge in [0.2, 0.25) is 17.7 Å². The molecule has 1 aliphatic rings. The third-order valence-corrected chi connectivity index (χ3v) is 5.94. The largest absolute Gasteiger partial charge is 0.480 e. The molecule has 0 spiro atoms. The molecule has 4 aromatic rings. The molecule has 0 aromatic carbocycles. The number of H-pyrrole nitrogens is 1. The number of hydrogen-bond donors (Lipinski definition) is 2. The van der Waals surface area contributed by atoms with Crippen LogP contribution < -0.4 is 10.1 Å². The third kappa shape index (κ3) is 3.15. The van der Waals surface area contributed by atoms with Crippen LogP contribution in [0.4, 0.5) is 5.95 Å². The average Bonchev–Trinajstić information content (AvgIpc) is 3.37. The predicted octanol–water partition coefficient (Wildman–Crippen LogP) is 2.34. The summed E-state index contributed by atoms with van der Waals surface area (Å²) < 4.78 is 7.46. The molecule has 0 radical (unpaired) electrons. The number of amides is 1. The second-order valence-electron chi connectivity index (χ2n) is 8.51. The highest BCUT2D eigenvalue weighted by Gasteiger charge is 2.47. The van der Waals surface area contributed by atoms with Crippen LogP contribution in [0.15, 0.2) is 30.9 Å². The van der Waals surface area contributed by atoms with Crippen LogP contribution in [-0.2, 0) is 4.79 Å². The van der Waals surface area contributed by atoms with Crippen LogP contribution in [0, 0.1) is 5.41 Å². The second-order valence-corrected chi connectivity index (χ2v) is 8.51. The van der Waals surface area contributed by atoms with Gasteiger partial charge in [0.25, 0.3) is 0 Å². The summed E-state index contributed by atoms with van der Waals surface area (Å²) in [5.74, 6) is 1.12. The fourth-order valence-electron chi connectivity index (χ4n) is 4.45. The van der Waals surface area contributed by atoms with E-state index in [1.165, 1.54) is 0 Å². The van der Waals surface area contributed by atoms with Gasteiger partial charge in [0, 0.05) is 43.7 Å². The quantitative estimate of drug-likeness (QED) is 0.509. The first-order valence-corrected chi connectivity index (χ1v) is 10.1. The number of aromatic amines is 1. The highest BCUT2D eigenvalue weighted by Crippen LogP contribution is 2.43. The maximum atomic E-state index is 12.4. The van der Waals surface area contributed by atoms with E-state index in [2.05, 4.69) is 30.5 Å². The van der Waals surface area contributed by atoms with E-state index in [1.54, 1.807) is 32.4 Å². The molecule has 0 atom stereocenters. The molecule has 5 rings (SSSR count). The van der Waals surface area contributed by atoms with E-state index in [9.17, 15) is 4.79 Å². The van der Waals surface area contributed by atoms with Crippen LogP contribution in [-0.4, -0.2) is 67.6 Å². The van der Waals surface area contributed by atoms with Crippen LogP contribution in [0.1, 0.15) is 19.8 Å². The van der Waals surface area contributed by atoms with Gasteiger partial charge in [-0.05, 0) is 25.0 Å². The SMILES string of the molecule is COc1nc(NC2CC(C)(C(=O)N(C)C)C2)nc2[nH]cc(-c3ccc4nncn4c3)c12. The van der Waals surface area contributed by atoms with Gasteiger partial charge in [0.05, 0.1) is 17.9 Å². The summed E-state index contributed by atoms with van der Waals surface area (Å²) in [6.45, 7) is 2.00. The summed E-state index contributed by atoms with van der Waals surface area (Å²) in [5, 5.41) is 12.1. The zero-order valence-corrected chi connectivity index (χ0v) is 17.9. The zero-order chi connectivity index (χ0) is 21.8. The standard InChI is InChI=1S/C21H24N8O2/c1-21(19(30)28(2)3)7-13(8-21)24-20-25-17-16(18(26-20)31-4)14(9-22-17)12-5-6-15-27-23-11-29(15)10-12/h5-6,9-11,13H,7-8H2,1-4H3,(H2,22,24,25,26). The first-order chi connectivity index (χ1) is 14.9. The molecular formula is C21H24N8O2. The predicted molar refractivity (Wildman–Crippen MR) is 116 cm³/mol. The molecular weight excluding hydrogens is 396 g/mol. The summed E-state index contributed by atoms with van der Waals surface area (Å²) >= 11 is 0. The maximum Gasteiger partial charge on any atom is 0.228 e. The normalized spacial score (nSPS) is 20.6. The Balaban J connectivity index is 1.43. The highest BCUT2D eigenvalue weighted by atomic mass is 16.5. The number of pyridine rings is 1. The topological polar surface area (TPSA) is 113 Å². The van der Waals surface area contributed by atoms with Crippen molar-refractivity contribution in [1.29, 1.82) is 0 Å². The lowest BCUT2D eigenvalue weighted by Gasteiger charge is -2.45. The Morgan fingerprint density at radius 2 is 2.13 bits per heavy atom. The molecule has 1 aliphatic carbocycles. The smallest absolute Gasteiger partial charge is 0.228 e. The van der Waals surface area contributed by atoms with Gasteiger partial charge in [-0.25, -0.2) is 0 Å². The van der Waals surface area contributed by atoms with E-state index in [0.29, 0.717) is 17.5 Å². The lowest BCUT2D eigenvalue weighted by molar-refractivity contribution is -0.143. The summed E-state index contributed by atoms with van der Waals surface area (Å²) in [6, 6.07) is 4.03. The minimum absolute atomic E-state index is 0.140. The molecule has 0 bridgehead atoms. The molecule has 4 heterocycles. The second kappa shape index (κ2) is 6.93. The Bertz CT molecular complexity index is 1290. The van der Waals surface area contributed by atoms with Gasteiger partial charge in [0.1, 0.15) is 12.0 Å². The number of hydrogen-bond acceptors (Lipinski definition) is 7. The minimum atomic E-state index is -0.338. The molecule has 4 aromatic heterocycles. The molecule has 0 aliphatic heterocycles. The number of ether oxygens (including phenoxy) is 1. The van der Waals surface area contributed by atoms with Crippen molar-refractivity contribution < 1.29 is 9.53 Å². The molecule has 160 valence electrons. The number of nitrogens with one attached hydrogen (secondary N) is 2. The summed E-state index contributed by atoms with van der Waals surface area (Å²) in [5.41, 5.74) is 3.02. The number of carbonyl (C=O) groups excluding carboxylic acids is 1. The number of aromatic nitrogens is 6. The van der Waals surface area contributed by atoms with Gasteiger partial charge in [0.15, 0.2) is 5.65 Å². The van der Waals surface area contributed by atoms with Gasteiger partial charge < -0.3 is 19.9 Å². The molecule has 31 heavy (non-hydrogen) atoms. The first kappa shape index (κ1) is 19.3. The van der Waals surface area contributed by atoms with Crippen molar-refractivity contribution in [2.45, 2.75) is 25.8 Å². The van der Waals surface area contributed by atoms with Crippen molar-refractivity contribution in [2.24, 2.45) is 5.41 Å². The Kier molecular flexibility index (Phi) is 4.31. The van der Waals surface area contributed by atoms with Gasteiger partial charge in [-0.3, -0.25) is 9.20 Å².